The fraction of sp³-hybridized carbons (Fsp3) is 0.176. The van der Waals surface area contributed by atoms with Gasteiger partial charge in [0.05, 0.1) is 26.9 Å². The summed E-state index contributed by atoms with van der Waals surface area (Å²) in [5, 5.41) is 3.95. The van der Waals surface area contributed by atoms with Gasteiger partial charge in [-0.25, -0.2) is 5.43 Å². The predicted molar refractivity (Wildman–Crippen MR) is 85.4 cm³/mol. The van der Waals surface area contributed by atoms with Crippen molar-refractivity contribution in [3.8, 4) is 11.5 Å². The van der Waals surface area contributed by atoms with E-state index in [2.05, 4.69) is 10.5 Å². The Morgan fingerprint density at radius 1 is 1.09 bits per heavy atom. The van der Waals surface area contributed by atoms with Crippen LogP contribution in [0.2, 0.25) is 0 Å². The zero-order valence-electron chi connectivity index (χ0n) is 12.6. The number of rotatable bonds is 6. The monoisotopic (exact) mass is 298 g/mol. The summed E-state index contributed by atoms with van der Waals surface area (Å²) in [6.07, 6.45) is 1.84. The van der Waals surface area contributed by atoms with E-state index in [9.17, 15) is 4.79 Å². The zero-order chi connectivity index (χ0) is 15.8. The van der Waals surface area contributed by atoms with Gasteiger partial charge in [0.1, 0.15) is 11.5 Å². The van der Waals surface area contributed by atoms with Crippen molar-refractivity contribution in [1.82, 2.24) is 5.43 Å². The molecule has 5 nitrogen and oxygen atoms in total. The molecule has 114 valence electrons. The molecule has 5 heteroatoms. The van der Waals surface area contributed by atoms with E-state index >= 15 is 0 Å². The molecule has 0 bridgehead atoms. The molecule has 0 aliphatic heterocycles. The minimum atomic E-state index is -0.169. The topological polar surface area (TPSA) is 59.9 Å². The van der Waals surface area contributed by atoms with Crippen LogP contribution < -0.4 is 14.9 Å². The van der Waals surface area contributed by atoms with E-state index in [0.29, 0.717) is 17.9 Å². The van der Waals surface area contributed by atoms with Crippen molar-refractivity contribution in [3.05, 3.63) is 59.7 Å². The Balaban J connectivity index is 1.96. The second-order valence-corrected chi connectivity index (χ2v) is 4.60. The third-order valence-electron chi connectivity index (χ3n) is 2.98. The summed E-state index contributed by atoms with van der Waals surface area (Å²) in [4.78, 5) is 11.8. The maximum atomic E-state index is 11.8. The molecule has 0 fully saturated rings. The Hall–Kier alpha value is -2.82. The lowest BCUT2D eigenvalue weighted by Crippen LogP contribution is -2.19. The molecular formula is C17H18N2O3. The number of hydrogen-bond donors (Lipinski definition) is 1. The van der Waals surface area contributed by atoms with Gasteiger partial charge in [-0.1, -0.05) is 30.3 Å². The van der Waals surface area contributed by atoms with E-state index < -0.39 is 0 Å². The Morgan fingerprint density at radius 2 is 1.73 bits per heavy atom. The molecule has 2 rings (SSSR count). The number of hydrazone groups is 1. The van der Waals surface area contributed by atoms with Crippen molar-refractivity contribution in [2.75, 3.05) is 14.2 Å². The predicted octanol–water partition coefficient (Wildman–Crippen LogP) is 2.40. The molecule has 0 saturated heterocycles. The van der Waals surface area contributed by atoms with Gasteiger partial charge in [-0.2, -0.15) is 5.10 Å². The fourth-order valence-corrected chi connectivity index (χ4v) is 1.90. The molecule has 1 N–H and O–H groups in total. The lowest BCUT2D eigenvalue weighted by Gasteiger charge is -2.05. The SMILES string of the molecule is COc1cc(/C=N/NC(=O)Cc2ccccc2)cc(OC)c1. The van der Waals surface area contributed by atoms with Gasteiger partial charge < -0.3 is 9.47 Å². The highest BCUT2D eigenvalue weighted by atomic mass is 16.5. The lowest BCUT2D eigenvalue weighted by molar-refractivity contribution is -0.120. The van der Waals surface area contributed by atoms with Crippen molar-refractivity contribution in [3.63, 3.8) is 0 Å². The molecule has 0 saturated carbocycles. The van der Waals surface area contributed by atoms with Crippen LogP contribution in [0.4, 0.5) is 0 Å². The van der Waals surface area contributed by atoms with Gasteiger partial charge in [0, 0.05) is 11.6 Å². The molecule has 0 atom stereocenters. The second-order valence-electron chi connectivity index (χ2n) is 4.60. The molecule has 0 heterocycles. The van der Waals surface area contributed by atoms with Crippen molar-refractivity contribution in [1.29, 1.82) is 0 Å². The van der Waals surface area contributed by atoms with Crippen LogP contribution in [0.1, 0.15) is 11.1 Å². The summed E-state index contributed by atoms with van der Waals surface area (Å²) < 4.78 is 10.3. The first-order valence-electron chi connectivity index (χ1n) is 6.80. The van der Waals surface area contributed by atoms with Crippen LogP contribution in [0.25, 0.3) is 0 Å². The third-order valence-corrected chi connectivity index (χ3v) is 2.98. The summed E-state index contributed by atoms with van der Waals surface area (Å²) in [6.45, 7) is 0. The number of methoxy groups -OCH3 is 2. The van der Waals surface area contributed by atoms with E-state index in [4.69, 9.17) is 9.47 Å². The molecule has 1 amide bonds. The summed E-state index contributed by atoms with van der Waals surface area (Å²) in [5.41, 5.74) is 4.22. The van der Waals surface area contributed by atoms with Gasteiger partial charge in [0.25, 0.3) is 0 Å². The van der Waals surface area contributed by atoms with Crippen LogP contribution in [0.3, 0.4) is 0 Å². The summed E-state index contributed by atoms with van der Waals surface area (Å²) >= 11 is 0. The number of carbonyl (C=O) groups is 1. The number of ether oxygens (including phenoxy) is 2. The smallest absolute Gasteiger partial charge is 0.244 e. The van der Waals surface area contributed by atoms with E-state index in [1.165, 1.54) is 0 Å². The van der Waals surface area contributed by atoms with Gasteiger partial charge in [-0.3, -0.25) is 4.79 Å². The molecule has 0 unspecified atom stereocenters. The van der Waals surface area contributed by atoms with Gasteiger partial charge in [0.2, 0.25) is 5.91 Å². The highest BCUT2D eigenvalue weighted by Crippen LogP contribution is 2.21. The largest absolute Gasteiger partial charge is 0.497 e. The number of hydrogen-bond acceptors (Lipinski definition) is 4. The van der Waals surface area contributed by atoms with E-state index in [1.54, 1.807) is 38.6 Å². The van der Waals surface area contributed by atoms with Gasteiger partial charge in [0.15, 0.2) is 0 Å². The normalized spacial score (nSPS) is 10.5. The van der Waals surface area contributed by atoms with Crippen molar-refractivity contribution >= 4 is 12.1 Å². The lowest BCUT2D eigenvalue weighted by atomic mass is 10.1. The van der Waals surface area contributed by atoms with Crippen LogP contribution in [0.15, 0.2) is 53.6 Å². The highest BCUT2D eigenvalue weighted by molar-refractivity contribution is 5.84. The average molecular weight is 298 g/mol. The van der Waals surface area contributed by atoms with Crippen LogP contribution in [-0.2, 0) is 11.2 Å². The summed E-state index contributed by atoms with van der Waals surface area (Å²) in [5.74, 6) is 1.16. The molecule has 2 aromatic carbocycles. The third kappa shape index (κ3) is 4.63. The van der Waals surface area contributed by atoms with Crippen LogP contribution in [0.5, 0.6) is 11.5 Å². The second kappa shape index (κ2) is 7.83. The summed E-state index contributed by atoms with van der Waals surface area (Å²) in [6, 6.07) is 14.9. The fourth-order valence-electron chi connectivity index (χ4n) is 1.90. The molecule has 0 aliphatic carbocycles. The van der Waals surface area contributed by atoms with Crippen molar-refractivity contribution in [2.24, 2.45) is 5.10 Å². The van der Waals surface area contributed by atoms with E-state index in [1.807, 2.05) is 30.3 Å². The number of benzene rings is 2. The van der Waals surface area contributed by atoms with Crippen LogP contribution >= 0.6 is 0 Å². The maximum Gasteiger partial charge on any atom is 0.244 e. The Morgan fingerprint density at radius 3 is 2.32 bits per heavy atom. The van der Waals surface area contributed by atoms with Crippen LogP contribution in [0, 0.1) is 0 Å². The molecule has 22 heavy (non-hydrogen) atoms. The van der Waals surface area contributed by atoms with E-state index in [0.717, 1.165) is 11.1 Å². The molecule has 0 aromatic heterocycles. The molecular weight excluding hydrogens is 280 g/mol. The number of nitrogens with one attached hydrogen (secondary N) is 1. The Kier molecular flexibility index (Phi) is 5.54. The number of amides is 1. The standard InChI is InChI=1S/C17H18N2O3/c1-21-15-8-14(9-16(11-15)22-2)12-18-19-17(20)10-13-6-4-3-5-7-13/h3-9,11-12H,10H2,1-2H3,(H,19,20)/b18-12+. The highest BCUT2D eigenvalue weighted by Gasteiger charge is 2.02. The van der Waals surface area contributed by atoms with Gasteiger partial charge in [-0.15, -0.1) is 0 Å². The Labute approximate surface area is 129 Å². The minimum Gasteiger partial charge on any atom is -0.497 e. The average Bonchev–Trinajstić information content (AvgIpc) is 2.55. The van der Waals surface area contributed by atoms with Crippen LogP contribution in [-0.4, -0.2) is 26.3 Å². The molecule has 0 radical (unpaired) electrons. The van der Waals surface area contributed by atoms with Crippen molar-refractivity contribution < 1.29 is 14.3 Å². The van der Waals surface area contributed by atoms with Gasteiger partial charge >= 0.3 is 0 Å². The first kappa shape index (κ1) is 15.6. The maximum absolute atomic E-state index is 11.8. The van der Waals surface area contributed by atoms with Crippen molar-refractivity contribution in [2.45, 2.75) is 6.42 Å². The quantitative estimate of drug-likeness (QED) is 0.658. The molecule has 0 spiro atoms. The Bertz CT molecular complexity index is 632. The van der Waals surface area contributed by atoms with Gasteiger partial charge in [-0.05, 0) is 17.7 Å². The zero-order valence-corrected chi connectivity index (χ0v) is 12.6. The number of nitrogens with zero attached hydrogens (tertiary/aromatic N) is 1. The molecule has 2 aromatic rings. The van der Waals surface area contributed by atoms with E-state index in [-0.39, 0.29) is 5.91 Å². The summed E-state index contributed by atoms with van der Waals surface area (Å²) in [7, 11) is 3.16. The first-order valence-corrected chi connectivity index (χ1v) is 6.80. The number of carbonyl (C=O) groups excluding carboxylic acids is 1. The minimum absolute atomic E-state index is 0.169. The first-order chi connectivity index (χ1) is 10.7. The molecule has 0 aliphatic rings.